The van der Waals surface area contributed by atoms with Gasteiger partial charge in [0.1, 0.15) is 5.75 Å². The third-order valence-electron chi connectivity index (χ3n) is 3.46. The molecule has 2 N–H and O–H groups in total. The van der Waals surface area contributed by atoms with Crippen LogP contribution in [0.3, 0.4) is 0 Å². The summed E-state index contributed by atoms with van der Waals surface area (Å²) in [6.07, 6.45) is 0. The first-order chi connectivity index (χ1) is 10.5. The van der Waals surface area contributed by atoms with Crippen LogP contribution < -0.4 is 10.1 Å². The second-order valence-corrected chi connectivity index (χ2v) is 5.47. The van der Waals surface area contributed by atoms with Crippen LogP contribution in [0.15, 0.2) is 35.0 Å². The van der Waals surface area contributed by atoms with Gasteiger partial charge in [0.15, 0.2) is 0 Å². The van der Waals surface area contributed by atoms with Gasteiger partial charge in [0.05, 0.1) is 12.7 Å². The highest BCUT2D eigenvalue weighted by atomic mass is 32.1. The molecule has 0 saturated heterocycles. The number of amides is 1. The zero-order valence-electron chi connectivity index (χ0n) is 11.5. The maximum Gasteiger partial charge on any atom is 0.268 e. The van der Waals surface area contributed by atoms with E-state index in [4.69, 9.17) is 4.74 Å². The van der Waals surface area contributed by atoms with E-state index in [-0.39, 0.29) is 16.7 Å². The summed E-state index contributed by atoms with van der Waals surface area (Å²) in [5.41, 5.74) is -2.24. The predicted molar refractivity (Wildman–Crippen MR) is 78.4 cm³/mol. The minimum absolute atomic E-state index is 0.0904. The molecule has 1 heterocycles. The number of carbonyl (C=O) groups is 3. The Kier molecular flexibility index (Phi) is 3.31. The number of thiophene rings is 1. The lowest BCUT2D eigenvalue weighted by atomic mass is 10.1. The van der Waals surface area contributed by atoms with Crippen molar-refractivity contribution in [2.24, 2.45) is 0 Å². The Bertz CT molecular complexity index is 760. The summed E-state index contributed by atoms with van der Waals surface area (Å²) in [6.45, 7) is 0. The molecule has 1 aromatic heterocycles. The minimum Gasteiger partial charge on any atom is -0.495 e. The van der Waals surface area contributed by atoms with Crippen molar-refractivity contribution in [3.8, 4) is 5.75 Å². The van der Waals surface area contributed by atoms with E-state index in [9.17, 15) is 19.5 Å². The van der Waals surface area contributed by atoms with Crippen LogP contribution in [-0.4, -0.2) is 35.4 Å². The van der Waals surface area contributed by atoms with E-state index in [0.717, 1.165) is 0 Å². The van der Waals surface area contributed by atoms with E-state index < -0.39 is 23.2 Å². The topological polar surface area (TPSA) is 92.7 Å². The van der Waals surface area contributed by atoms with E-state index in [1.807, 2.05) is 0 Å². The van der Waals surface area contributed by atoms with Gasteiger partial charge in [0, 0.05) is 21.9 Å². The average molecular weight is 317 g/mol. The standard InChI is InChI=1S/C15H11NO5S/c1-21-11-7-22-6-10(11)14(19)16-15(20)12(17)8-4-2-3-5-9(8)13(15)18/h2-7,20H,1H3,(H,16,19). The molecule has 0 fully saturated rings. The Hall–Kier alpha value is -2.51. The van der Waals surface area contributed by atoms with Crippen LogP contribution in [0.25, 0.3) is 0 Å². The number of Topliss-reactive ketones (excluding diaryl/α,β-unsaturated/α-hetero) is 2. The predicted octanol–water partition coefficient (Wildman–Crippen LogP) is 1.25. The molecule has 0 bridgehead atoms. The van der Waals surface area contributed by atoms with E-state index in [1.54, 1.807) is 17.5 Å². The first kappa shape index (κ1) is 14.4. The van der Waals surface area contributed by atoms with Gasteiger partial charge < -0.3 is 15.2 Å². The molecule has 7 heteroatoms. The number of carbonyl (C=O) groups excluding carboxylic acids is 3. The molecular formula is C15H11NO5S. The lowest BCUT2D eigenvalue weighted by Gasteiger charge is -2.20. The summed E-state index contributed by atoms with van der Waals surface area (Å²) in [5, 5.41) is 15.6. The Morgan fingerprint density at radius 2 is 1.77 bits per heavy atom. The van der Waals surface area contributed by atoms with E-state index >= 15 is 0 Å². The van der Waals surface area contributed by atoms with Crippen molar-refractivity contribution in [2.45, 2.75) is 5.72 Å². The largest absolute Gasteiger partial charge is 0.495 e. The second kappa shape index (κ2) is 5.04. The number of hydrogen-bond donors (Lipinski definition) is 2. The highest BCUT2D eigenvalue weighted by molar-refractivity contribution is 7.08. The van der Waals surface area contributed by atoms with Gasteiger partial charge in [-0.3, -0.25) is 14.4 Å². The van der Waals surface area contributed by atoms with Crippen molar-refractivity contribution in [1.82, 2.24) is 5.32 Å². The summed E-state index contributed by atoms with van der Waals surface area (Å²) in [7, 11) is 1.40. The smallest absolute Gasteiger partial charge is 0.268 e. The molecule has 0 spiro atoms. The van der Waals surface area contributed by atoms with Gasteiger partial charge in [-0.2, -0.15) is 0 Å². The number of aliphatic hydroxyl groups is 1. The quantitative estimate of drug-likeness (QED) is 0.656. The summed E-state index contributed by atoms with van der Waals surface area (Å²) in [6, 6.07) is 6.04. The van der Waals surface area contributed by atoms with Crippen LogP contribution in [0.1, 0.15) is 31.1 Å². The second-order valence-electron chi connectivity index (χ2n) is 4.72. The Morgan fingerprint density at radius 3 is 2.32 bits per heavy atom. The fraction of sp³-hybridized carbons (Fsp3) is 0.133. The molecule has 3 rings (SSSR count). The van der Waals surface area contributed by atoms with Crippen molar-refractivity contribution in [3.63, 3.8) is 0 Å². The lowest BCUT2D eigenvalue weighted by molar-refractivity contribution is 0.0192. The maximum absolute atomic E-state index is 12.3. The molecule has 0 unspecified atom stereocenters. The molecule has 0 radical (unpaired) electrons. The third-order valence-corrected chi connectivity index (χ3v) is 4.18. The summed E-state index contributed by atoms with van der Waals surface area (Å²) >= 11 is 1.23. The molecule has 112 valence electrons. The van der Waals surface area contributed by atoms with Crippen molar-refractivity contribution in [3.05, 3.63) is 51.7 Å². The van der Waals surface area contributed by atoms with Crippen LogP contribution >= 0.6 is 11.3 Å². The summed E-state index contributed by atoms with van der Waals surface area (Å²) < 4.78 is 5.02. The highest BCUT2D eigenvalue weighted by Gasteiger charge is 2.53. The normalized spacial score (nSPS) is 15.5. The number of ketones is 2. The van der Waals surface area contributed by atoms with Crippen LogP contribution in [0, 0.1) is 0 Å². The first-order valence-electron chi connectivity index (χ1n) is 6.32. The average Bonchev–Trinajstić information content (AvgIpc) is 3.07. The molecule has 2 aromatic rings. The van der Waals surface area contributed by atoms with Crippen molar-refractivity contribution < 1.29 is 24.2 Å². The van der Waals surface area contributed by atoms with Gasteiger partial charge in [-0.25, -0.2) is 0 Å². The van der Waals surface area contributed by atoms with Crippen molar-refractivity contribution in [2.75, 3.05) is 7.11 Å². The monoisotopic (exact) mass is 317 g/mol. The Balaban J connectivity index is 1.94. The number of fused-ring (bicyclic) bond motifs is 1. The van der Waals surface area contributed by atoms with Gasteiger partial charge in [-0.1, -0.05) is 24.3 Å². The molecule has 1 aliphatic rings. The number of ether oxygens (including phenoxy) is 1. The molecule has 1 aliphatic carbocycles. The number of hydrogen-bond acceptors (Lipinski definition) is 6. The van der Waals surface area contributed by atoms with E-state index in [1.165, 1.54) is 36.0 Å². The molecule has 22 heavy (non-hydrogen) atoms. The number of methoxy groups -OCH3 is 1. The van der Waals surface area contributed by atoms with E-state index in [0.29, 0.717) is 5.75 Å². The molecule has 0 saturated carbocycles. The van der Waals surface area contributed by atoms with Gasteiger partial charge in [0.2, 0.25) is 11.6 Å². The zero-order chi connectivity index (χ0) is 15.9. The fourth-order valence-corrected chi connectivity index (χ4v) is 3.10. The van der Waals surface area contributed by atoms with Gasteiger partial charge in [-0.05, 0) is 0 Å². The van der Waals surface area contributed by atoms with E-state index in [2.05, 4.69) is 5.32 Å². The van der Waals surface area contributed by atoms with Gasteiger partial charge >= 0.3 is 0 Å². The van der Waals surface area contributed by atoms with Crippen molar-refractivity contribution >= 4 is 28.8 Å². The number of benzene rings is 1. The minimum atomic E-state index is -2.58. The highest BCUT2D eigenvalue weighted by Crippen LogP contribution is 2.30. The van der Waals surface area contributed by atoms with Crippen molar-refractivity contribution in [1.29, 1.82) is 0 Å². The van der Waals surface area contributed by atoms with Crippen LogP contribution in [0.4, 0.5) is 0 Å². The first-order valence-corrected chi connectivity index (χ1v) is 7.27. The Morgan fingerprint density at radius 1 is 1.18 bits per heavy atom. The molecule has 1 aromatic carbocycles. The van der Waals surface area contributed by atoms with Crippen LogP contribution in [0.2, 0.25) is 0 Å². The van der Waals surface area contributed by atoms with Crippen LogP contribution in [-0.2, 0) is 0 Å². The summed E-state index contributed by atoms with van der Waals surface area (Å²) in [4.78, 5) is 36.8. The number of nitrogens with one attached hydrogen (secondary N) is 1. The zero-order valence-corrected chi connectivity index (χ0v) is 12.3. The van der Waals surface area contributed by atoms with Gasteiger partial charge in [-0.15, -0.1) is 11.3 Å². The fourth-order valence-electron chi connectivity index (χ4n) is 2.33. The molecule has 0 aliphatic heterocycles. The number of rotatable bonds is 3. The Labute approximate surface area is 129 Å². The van der Waals surface area contributed by atoms with Crippen LogP contribution in [0.5, 0.6) is 5.75 Å². The third kappa shape index (κ3) is 1.94. The summed E-state index contributed by atoms with van der Waals surface area (Å²) in [5.74, 6) is -2.12. The van der Waals surface area contributed by atoms with Gasteiger partial charge in [0.25, 0.3) is 11.6 Å². The SMILES string of the molecule is COc1cscc1C(=O)NC1(O)C(=O)c2ccccc2C1=O. The molecule has 1 amide bonds. The molecular weight excluding hydrogens is 306 g/mol. The lowest BCUT2D eigenvalue weighted by Crippen LogP contribution is -2.56. The maximum atomic E-state index is 12.3. The molecule has 6 nitrogen and oxygen atoms in total. The molecule has 0 atom stereocenters.